The molecular formula is C28H29ClN6O5. The van der Waals surface area contributed by atoms with Crippen molar-refractivity contribution in [2.24, 2.45) is 0 Å². The van der Waals surface area contributed by atoms with Gasteiger partial charge < -0.3 is 20.6 Å². The minimum Gasteiger partial charge on any atom is -0.465 e. The predicted octanol–water partition coefficient (Wildman–Crippen LogP) is 4.91. The summed E-state index contributed by atoms with van der Waals surface area (Å²) >= 11 is 5.89. The number of unbranched alkanes of at least 4 members (excludes halogenated alkanes) is 1. The van der Waals surface area contributed by atoms with Crippen molar-refractivity contribution in [3.05, 3.63) is 77.3 Å². The zero-order chi connectivity index (χ0) is 28.6. The van der Waals surface area contributed by atoms with Crippen LogP contribution >= 0.6 is 11.6 Å². The molecule has 1 atom stereocenters. The Kier molecular flexibility index (Phi) is 9.28. The second kappa shape index (κ2) is 13.0. The third kappa shape index (κ3) is 6.73. The SMILES string of the molecule is CCCCN(C(=O)O)[C@@H]1CCCN(c2ccc(NC(=O)c3nccnc3C(=O)Nc3ccc(Cl)cc3)cc2)C1=O. The molecule has 40 heavy (non-hydrogen) atoms. The lowest BCUT2D eigenvalue weighted by molar-refractivity contribution is -0.124. The van der Waals surface area contributed by atoms with Gasteiger partial charge in [-0.2, -0.15) is 0 Å². The van der Waals surface area contributed by atoms with E-state index >= 15 is 0 Å². The maximum Gasteiger partial charge on any atom is 0.407 e. The van der Waals surface area contributed by atoms with E-state index in [0.717, 1.165) is 6.42 Å². The van der Waals surface area contributed by atoms with Gasteiger partial charge in [0.1, 0.15) is 6.04 Å². The highest BCUT2D eigenvalue weighted by molar-refractivity contribution is 6.30. The number of carbonyl (C=O) groups is 4. The highest BCUT2D eigenvalue weighted by Gasteiger charge is 2.36. The van der Waals surface area contributed by atoms with Gasteiger partial charge in [0.05, 0.1) is 0 Å². The molecule has 0 spiro atoms. The Morgan fingerprint density at radius 3 is 2.05 bits per heavy atom. The molecular weight excluding hydrogens is 536 g/mol. The third-order valence-electron chi connectivity index (χ3n) is 6.45. The molecule has 12 heteroatoms. The number of halogens is 1. The number of benzene rings is 2. The molecule has 2 aromatic carbocycles. The van der Waals surface area contributed by atoms with Gasteiger partial charge in [-0.15, -0.1) is 0 Å². The number of carboxylic acid groups (broad SMARTS) is 1. The van der Waals surface area contributed by atoms with Gasteiger partial charge >= 0.3 is 6.09 Å². The number of aromatic nitrogens is 2. The predicted molar refractivity (Wildman–Crippen MR) is 151 cm³/mol. The molecule has 3 N–H and O–H groups in total. The van der Waals surface area contributed by atoms with Crippen molar-refractivity contribution in [3.63, 3.8) is 0 Å². The van der Waals surface area contributed by atoms with Crippen LogP contribution < -0.4 is 15.5 Å². The highest BCUT2D eigenvalue weighted by atomic mass is 35.5. The maximum atomic E-state index is 13.2. The smallest absolute Gasteiger partial charge is 0.407 e. The van der Waals surface area contributed by atoms with E-state index in [1.54, 1.807) is 53.4 Å². The van der Waals surface area contributed by atoms with Crippen LogP contribution in [-0.4, -0.2) is 62.9 Å². The van der Waals surface area contributed by atoms with Crippen molar-refractivity contribution in [1.82, 2.24) is 14.9 Å². The molecule has 1 fully saturated rings. The van der Waals surface area contributed by atoms with Crippen molar-refractivity contribution in [2.75, 3.05) is 28.6 Å². The van der Waals surface area contributed by atoms with Crippen molar-refractivity contribution in [3.8, 4) is 0 Å². The normalized spacial score (nSPS) is 14.9. The quantitative estimate of drug-likeness (QED) is 0.335. The molecule has 1 aromatic heterocycles. The first-order valence-corrected chi connectivity index (χ1v) is 13.3. The van der Waals surface area contributed by atoms with Crippen LogP contribution in [0.3, 0.4) is 0 Å². The van der Waals surface area contributed by atoms with E-state index in [4.69, 9.17) is 11.6 Å². The number of nitrogens with zero attached hydrogens (tertiary/aromatic N) is 4. The zero-order valence-corrected chi connectivity index (χ0v) is 22.6. The average Bonchev–Trinajstić information content (AvgIpc) is 2.95. The average molecular weight is 565 g/mol. The van der Waals surface area contributed by atoms with Crippen molar-refractivity contribution in [2.45, 2.75) is 38.6 Å². The summed E-state index contributed by atoms with van der Waals surface area (Å²) in [7, 11) is 0. The van der Waals surface area contributed by atoms with Crippen molar-refractivity contribution < 1.29 is 24.3 Å². The zero-order valence-electron chi connectivity index (χ0n) is 21.8. The fraction of sp³-hybridized carbons (Fsp3) is 0.286. The molecule has 0 aliphatic carbocycles. The first kappa shape index (κ1) is 28.5. The summed E-state index contributed by atoms with van der Waals surface area (Å²) in [4.78, 5) is 61.7. The number of hydrogen-bond acceptors (Lipinski definition) is 6. The Hall–Kier alpha value is -4.51. The lowest BCUT2D eigenvalue weighted by Gasteiger charge is -2.37. The Labute approximate surface area is 236 Å². The van der Waals surface area contributed by atoms with Crippen LogP contribution in [0.25, 0.3) is 0 Å². The van der Waals surface area contributed by atoms with Gasteiger partial charge in [-0.25, -0.2) is 14.8 Å². The van der Waals surface area contributed by atoms with Crippen LogP contribution in [0.15, 0.2) is 60.9 Å². The maximum absolute atomic E-state index is 13.2. The van der Waals surface area contributed by atoms with Crippen molar-refractivity contribution in [1.29, 1.82) is 0 Å². The lowest BCUT2D eigenvalue weighted by Crippen LogP contribution is -2.54. The number of nitrogens with one attached hydrogen (secondary N) is 2. The van der Waals surface area contributed by atoms with Crippen LogP contribution in [0, 0.1) is 0 Å². The van der Waals surface area contributed by atoms with E-state index in [1.807, 2.05) is 6.92 Å². The summed E-state index contributed by atoms with van der Waals surface area (Å²) in [5.74, 6) is -1.51. The van der Waals surface area contributed by atoms with E-state index in [2.05, 4.69) is 20.6 Å². The van der Waals surface area contributed by atoms with Gasteiger partial charge in [-0.3, -0.25) is 19.3 Å². The van der Waals surface area contributed by atoms with Crippen LogP contribution in [0.5, 0.6) is 0 Å². The molecule has 0 unspecified atom stereocenters. The number of amides is 4. The third-order valence-corrected chi connectivity index (χ3v) is 6.70. The molecule has 0 radical (unpaired) electrons. The molecule has 1 aliphatic rings. The van der Waals surface area contributed by atoms with Gasteiger partial charge in [-0.05, 0) is 67.8 Å². The first-order valence-electron chi connectivity index (χ1n) is 12.9. The number of anilines is 3. The Bertz CT molecular complexity index is 1380. The van der Waals surface area contributed by atoms with Gasteiger partial charge in [0.15, 0.2) is 11.4 Å². The summed E-state index contributed by atoms with van der Waals surface area (Å²) in [6.07, 6.45) is 4.18. The minimum atomic E-state index is -1.10. The standard InChI is InChI=1S/C28H29ClN6O5/c1-2-3-16-35(28(39)40)22-5-4-17-34(27(22)38)21-12-10-20(11-13-21)33-26(37)24-23(30-14-15-31-24)25(36)32-19-8-6-18(29)7-9-19/h6-15,22H,2-5,16-17H2,1H3,(H,32,36)(H,33,37)(H,39,40)/t22-/m1/s1. The van der Waals surface area contributed by atoms with Gasteiger partial charge in [0, 0.05) is 47.6 Å². The summed E-state index contributed by atoms with van der Waals surface area (Å²) in [5, 5.41) is 15.5. The van der Waals surface area contributed by atoms with E-state index in [-0.39, 0.29) is 17.3 Å². The number of piperidine rings is 1. The van der Waals surface area contributed by atoms with Crippen molar-refractivity contribution >= 4 is 52.5 Å². The Morgan fingerprint density at radius 1 is 0.975 bits per heavy atom. The summed E-state index contributed by atoms with van der Waals surface area (Å²) in [5.41, 5.74) is 1.18. The number of rotatable bonds is 9. The monoisotopic (exact) mass is 564 g/mol. The molecule has 2 heterocycles. The van der Waals surface area contributed by atoms with Gasteiger partial charge in [-0.1, -0.05) is 24.9 Å². The molecule has 3 aromatic rings. The molecule has 0 bridgehead atoms. The number of hydrogen-bond donors (Lipinski definition) is 3. The molecule has 4 amide bonds. The topological polar surface area (TPSA) is 145 Å². The summed E-state index contributed by atoms with van der Waals surface area (Å²) < 4.78 is 0. The van der Waals surface area contributed by atoms with Crippen LogP contribution in [0.1, 0.15) is 53.6 Å². The summed E-state index contributed by atoms with van der Waals surface area (Å²) in [6.45, 7) is 2.74. The number of carbonyl (C=O) groups excluding carboxylic acids is 3. The lowest BCUT2D eigenvalue weighted by atomic mass is 10.0. The van der Waals surface area contributed by atoms with E-state index in [1.165, 1.54) is 17.3 Å². The van der Waals surface area contributed by atoms with Gasteiger partial charge in [0.25, 0.3) is 11.8 Å². The minimum absolute atomic E-state index is 0.150. The van der Waals surface area contributed by atoms with E-state index in [9.17, 15) is 24.3 Å². The first-order chi connectivity index (χ1) is 19.3. The highest BCUT2D eigenvalue weighted by Crippen LogP contribution is 2.26. The summed E-state index contributed by atoms with van der Waals surface area (Å²) in [6, 6.07) is 12.4. The fourth-order valence-corrected chi connectivity index (χ4v) is 4.55. The van der Waals surface area contributed by atoms with E-state index in [0.29, 0.717) is 54.4 Å². The fourth-order valence-electron chi connectivity index (χ4n) is 4.42. The van der Waals surface area contributed by atoms with Gasteiger partial charge in [0.2, 0.25) is 5.91 Å². The largest absolute Gasteiger partial charge is 0.465 e. The molecule has 4 rings (SSSR count). The Balaban J connectivity index is 1.45. The second-order valence-electron chi connectivity index (χ2n) is 9.19. The molecule has 1 aliphatic heterocycles. The molecule has 1 saturated heterocycles. The van der Waals surface area contributed by atoms with Crippen LogP contribution in [-0.2, 0) is 4.79 Å². The van der Waals surface area contributed by atoms with E-state index < -0.39 is 23.9 Å². The Morgan fingerprint density at radius 2 is 1.52 bits per heavy atom. The van der Waals surface area contributed by atoms with Crippen LogP contribution in [0.2, 0.25) is 5.02 Å². The second-order valence-corrected chi connectivity index (χ2v) is 9.63. The molecule has 208 valence electrons. The molecule has 11 nitrogen and oxygen atoms in total. The van der Waals surface area contributed by atoms with Crippen LogP contribution in [0.4, 0.5) is 21.9 Å². The molecule has 0 saturated carbocycles.